The molecule has 0 radical (unpaired) electrons. The molecule has 8 N–H and O–H groups in total. The van der Waals surface area contributed by atoms with Crippen molar-refractivity contribution in [1.29, 1.82) is 0 Å². The van der Waals surface area contributed by atoms with Crippen LogP contribution in [0.1, 0.15) is 5.56 Å². The topological polar surface area (TPSA) is 106 Å². The van der Waals surface area contributed by atoms with Crippen molar-refractivity contribution in [1.82, 2.24) is 6.15 Å². The van der Waals surface area contributed by atoms with Crippen LogP contribution < -0.4 is 17.6 Å². The van der Waals surface area contributed by atoms with Crippen LogP contribution in [0.15, 0.2) is 30.3 Å². The first kappa shape index (κ1) is 11.6. The van der Waals surface area contributed by atoms with Gasteiger partial charge in [-0.2, -0.15) is 0 Å². The molecule has 1 atom stereocenters. The van der Waals surface area contributed by atoms with Gasteiger partial charge in [0.15, 0.2) is 0 Å². The molecule has 0 fully saturated rings. The fraction of sp³-hybridized carbons (Fsp3) is 0.222. The molecule has 1 aromatic rings. The third kappa shape index (κ3) is 3.68. The number of amides is 1. The molecule has 0 heterocycles. The van der Waals surface area contributed by atoms with E-state index in [0.717, 1.165) is 5.56 Å². The molecule has 0 aliphatic heterocycles. The second kappa shape index (κ2) is 5.29. The number of hydrogen-bond donors (Lipinski definition) is 3. The molecule has 1 unspecified atom stereocenters. The molecule has 0 aromatic heterocycles. The Labute approximate surface area is 77.5 Å². The third-order valence-corrected chi connectivity index (χ3v) is 1.66. The molecule has 0 saturated carbocycles. The van der Waals surface area contributed by atoms with Crippen molar-refractivity contribution in [2.75, 3.05) is 0 Å². The van der Waals surface area contributed by atoms with Crippen LogP contribution in [0.25, 0.3) is 0 Å². The van der Waals surface area contributed by atoms with E-state index in [1.165, 1.54) is 0 Å². The molecular formula is C9H16N3O+. The second-order valence-corrected chi connectivity index (χ2v) is 2.70. The normalized spacial score (nSPS) is 11.5. The zero-order chi connectivity index (χ0) is 8.97. The molecule has 0 spiro atoms. The quantitative estimate of drug-likeness (QED) is 0.630. The van der Waals surface area contributed by atoms with Gasteiger partial charge < -0.3 is 17.6 Å². The largest absolute Gasteiger partial charge is 0.369 e. The molecular weight excluding hydrogens is 166 g/mol. The third-order valence-electron chi connectivity index (χ3n) is 1.66. The highest BCUT2D eigenvalue weighted by atomic mass is 16.1. The van der Waals surface area contributed by atoms with E-state index in [9.17, 15) is 4.79 Å². The standard InChI is InChI=1S/C9H12N2O.H3N/c10-8(9(11)12)6-7-4-2-1-3-5-7;/h1-5,8H,6,10H2,(H2,11,12);1H3/p+1. The van der Waals surface area contributed by atoms with E-state index >= 15 is 0 Å². The van der Waals surface area contributed by atoms with Gasteiger partial charge in [-0.25, -0.2) is 0 Å². The van der Waals surface area contributed by atoms with Gasteiger partial charge in [0.2, 0.25) is 5.91 Å². The number of rotatable bonds is 3. The maximum absolute atomic E-state index is 10.6. The van der Waals surface area contributed by atoms with Crippen LogP contribution in [0.5, 0.6) is 0 Å². The van der Waals surface area contributed by atoms with Crippen LogP contribution in [0.4, 0.5) is 0 Å². The first-order chi connectivity index (χ1) is 5.70. The SMILES string of the molecule is NC(=O)C(N)Cc1ccccc1.[NH4+]. The number of primary amides is 1. The maximum atomic E-state index is 10.6. The molecule has 72 valence electrons. The molecule has 0 bridgehead atoms. The van der Waals surface area contributed by atoms with Crippen molar-refractivity contribution in [3.8, 4) is 0 Å². The summed E-state index contributed by atoms with van der Waals surface area (Å²) in [4.78, 5) is 10.6. The predicted molar refractivity (Wildman–Crippen MR) is 53.3 cm³/mol. The van der Waals surface area contributed by atoms with Crippen LogP contribution >= 0.6 is 0 Å². The van der Waals surface area contributed by atoms with E-state index in [-0.39, 0.29) is 6.15 Å². The Morgan fingerprint density at radius 2 is 1.85 bits per heavy atom. The molecule has 0 saturated heterocycles. The van der Waals surface area contributed by atoms with Gasteiger partial charge in [0, 0.05) is 0 Å². The summed E-state index contributed by atoms with van der Waals surface area (Å²) in [6.45, 7) is 0. The molecule has 13 heavy (non-hydrogen) atoms. The van der Waals surface area contributed by atoms with Crippen LogP contribution in [0.3, 0.4) is 0 Å². The number of carbonyl (C=O) groups excluding carboxylic acids is 1. The summed E-state index contributed by atoms with van der Waals surface area (Å²) in [5, 5.41) is 0. The first-order valence-corrected chi connectivity index (χ1v) is 3.79. The highest BCUT2D eigenvalue weighted by Crippen LogP contribution is 2.00. The summed E-state index contributed by atoms with van der Waals surface area (Å²) < 4.78 is 0. The van der Waals surface area contributed by atoms with Crippen molar-refractivity contribution in [3.05, 3.63) is 35.9 Å². The summed E-state index contributed by atoms with van der Waals surface area (Å²) in [6, 6.07) is 8.99. The Morgan fingerprint density at radius 1 is 1.31 bits per heavy atom. The summed E-state index contributed by atoms with van der Waals surface area (Å²) in [5.41, 5.74) is 11.5. The van der Waals surface area contributed by atoms with Crippen LogP contribution in [-0.2, 0) is 11.2 Å². The number of hydrogen-bond acceptors (Lipinski definition) is 2. The van der Waals surface area contributed by atoms with Gasteiger partial charge in [-0.15, -0.1) is 0 Å². The molecule has 1 aromatic carbocycles. The molecule has 4 heteroatoms. The monoisotopic (exact) mass is 182 g/mol. The van der Waals surface area contributed by atoms with Gasteiger partial charge in [0.05, 0.1) is 6.04 Å². The Morgan fingerprint density at radius 3 is 2.31 bits per heavy atom. The van der Waals surface area contributed by atoms with Gasteiger partial charge in [-0.1, -0.05) is 30.3 Å². The smallest absolute Gasteiger partial charge is 0.234 e. The summed E-state index contributed by atoms with van der Waals surface area (Å²) in [7, 11) is 0. The Hall–Kier alpha value is -1.39. The van der Waals surface area contributed by atoms with E-state index < -0.39 is 11.9 Å². The predicted octanol–water partition coefficient (Wildman–Crippen LogP) is 0.418. The zero-order valence-electron chi connectivity index (χ0n) is 7.73. The lowest BCUT2D eigenvalue weighted by Crippen LogP contribution is -2.38. The summed E-state index contributed by atoms with van der Waals surface area (Å²) >= 11 is 0. The maximum Gasteiger partial charge on any atom is 0.234 e. The van der Waals surface area contributed by atoms with Crippen LogP contribution in [-0.4, -0.2) is 11.9 Å². The van der Waals surface area contributed by atoms with Crippen molar-refractivity contribution >= 4 is 5.91 Å². The van der Waals surface area contributed by atoms with E-state index in [1.807, 2.05) is 30.3 Å². The van der Waals surface area contributed by atoms with E-state index in [2.05, 4.69) is 0 Å². The average molecular weight is 182 g/mol. The Balaban J connectivity index is 0.00000144. The van der Waals surface area contributed by atoms with Gasteiger partial charge in [0.25, 0.3) is 0 Å². The fourth-order valence-electron chi connectivity index (χ4n) is 0.969. The first-order valence-electron chi connectivity index (χ1n) is 3.79. The molecule has 4 nitrogen and oxygen atoms in total. The van der Waals surface area contributed by atoms with Gasteiger partial charge in [-0.05, 0) is 12.0 Å². The lowest BCUT2D eigenvalue weighted by atomic mass is 10.1. The van der Waals surface area contributed by atoms with Gasteiger partial charge in [-0.3, -0.25) is 4.79 Å². The van der Waals surface area contributed by atoms with Crippen molar-refractivity contribution in [3.63, 3.8) is 0 Å². The van der Waals surface area contributed by atoms with Crippen LogP contribution in [0.2, 0.25) is 0 Å². The second-order valence-electron chi connectivity index (χ2n) is 2.70. The Kier molecular flexibility index (Phi) is 4.72. The lowest BCUT2D eigenvalue weighted by Gasteiger charge is -2.06. The molecule has 1 amide bonds. The van der Waals surface area contributed by atoms with Crippen molar-refractivity contribution in [2.24, 2.45) is 11.5 Å². The van der Waals surface area contributed by atoms with Crippen LogP contribution in [0, 0.1) is 0 Å². The Bertz CT molecular complexity index is 261. The number of nitrogens with two attached hydrogens (primary N) is 2. The van der Waals surface area contributed by atoms with Gasteiger partial charge in [0.1, 0.15) is 0 Å². The van der Waals surface area contributed by atoms with E-state index in [4.69, 9.17) is 11.5 Å². The fourth-order valence-corrected chi connectivity index (χ4v) is 0.969. The van der Waals surface area contributed by atoms with Crippen molar-refractivity contribution in [2.45, 2.75) is 12.5 Å². The summed E-state index contributed by atoms with van der Waals surface area (Å²) in [6.07, 6.45) is 0.510. The number of carbonyl (C=O) groups is 1. The van der Waals surface area contributed by atoms with E-state index in [1.54, 1.807) is 0 Å². The zero-order valence-corrected chi connectivity index (χ0v) is 7.73. The lowest BCUT2D eigenvalue weighted by molar-refractivity contribution is -0.119. The minimum atomic E-state index is -0.576. The summed E-state index contributed by atoms with van der Waals surface area (Å²) in [5.74, 6) is -0.459. The van der Waals surface area contributed by atoms with Gasteiger partial charge >= 0.3 is 0 Å². The van der Waals surface area contributed by atoms with Crippen molar-refractivity contribution < 1.29 is 4.79 Å². The molecule has 0 aliphatic rings. The number of benzene rings is 1. The minimum Gasteiger partial charge on any atom is -0.369 e. The average Bonchev–Trinajstić information content (AvgIpc) is 2.06. The molecule has 1 rings (SSSR count). The van der Waals surface area contributed by atoms with E-state index in [0.29, 0.717) is 6.42 Å². The highest BCUT2D eigenvalue weighted by Gasteiger charge is 2.08. The molecule has 0 aliphatic carbocycles. The number of quaternary nitrogens is 1. The highest BCUT2D eigenvalue weighted by molar-refractivity contribution is 5.79. The minimum absolute atomic E-state index is 0.